The van der Waals surface area contributed by atoms with Crippen LogP contribution in [0.3, 0.4) is 0 Å². The summed E-state index contributed by atoms with van der Waals surface area (Å²) in [5.74, 6) is 2.04. The van der Waals surface area contributed by atoms with Gasteiger partial charge in [0.25, 0.3) is 0 Å². The normalized spacial score (nSPS) is 10.9. The van der Waals surface area contributed by atoms with Crippen molar-refractivity contribution in [3.8, 4) is 17.1 Å². The van der Waals surface area contributed by atoms with Gasteiger partial charge in [0.1, 0.15) is 11.6 Å². The van der Waals surface area contributed by atoms with Gasteiger partial charge in [0.05, 0.1) is 22.8 Å². The fraction of sp³-hybridized carbons (Fsp3) is 0.333. The van der Waals surface area contributed by atoms with Crippen LogP contribution < -0.4 is 10.5 Å². The van der Waals surface area contributed by atoms with Gasteiger partial charge in [0.15, 0.2) is 5.82 Å². The molecule has 0 unspecified atom stereocenters. The highest BCUT2D eigenvalue weighted by atomic mass is 79.9. The van der Waals surface area contributed by atoms with Crippen LogP contribution in [0, 0.1) is 6.92 Å². The predicted octanol–water partition coefficient (Wildman–Crippen LogP) is 3.93. The summed E-state index contributed by atoms with van der Waals surface area (Å²) in [7, 11) is 1.64. The molecule has 2 N–H and O–H groups in total. The van der Waals surface area contributed by atoms with E-state index in [-0.39, 0.29) is 5.92 Å². The number of ether oxygens (including phenoxy) is 1. The lowest BCUT2D eigenvalue weighted by Gasteiger charge is -2.13. The Morgan fingerprint density at radius 1 is 1.25 bits per heavy atom. The third-order valence-corrected chi connectivity index (χ3v) is 3.86. The summed E-state index contributed by atoms with van der Waals surface area (Å²) in [6.45, 7) is 6.16. The van der Waals surface area contributed by atoms with Crippen molar-refractivity contribution in [1.29, 1.82) is 0 Å². The van der Waals surface area contributed by atoms with Gasteiger partial charge >= 0.3 is 0 Å². The Bertz CT molecular complexity index is 641. The van der Waals surface area contributed by atoms with Crippen molar-refractivity contribution in [1.82, 2.24) is 9.97 Å². The number of benzene rings is 1. The van der Waals surface area contributed by atoms with Crippen LogP contribution in [0.25, 0.3) is 11.4 Å². The largest absolute Gasteiger partial charge is 0.496 e. The van der Waals surface area contributed by atoms with Crippen molar-refractivity contribution in [3.05, 3.63) is 33.9 Å². The van der Waals surface area contributed by atoms with Gasteiger partial charge in [-0.05, 0) is 46.5 Å². The average molecular weight is 336 g/mol. The summed E-state index contributed by atoms with van der Waals surface area (Å²) < 4.78 is 6.18. The van der Waals surface area contributed by atoms with Gasteiger partial charge in [-0.25, -0.2) is 9.97 Å². The van der Waals surface area contributed by atoms with E-state index in [1.54, 1.807) is 7.11 Å². The first-order chi connectivity index (χ1) is 9.43. The first-order valence-electron chi connectivity index (χ1n) is 6.42. The van der Waals surface area contributed by atoms with Crippen molar-refractivity contribution >= 4 is 21.7 Å². The van der Waals surface area contributed by atoms with E-state index in [0.717, 1.165) is 27.0 Å². The molecule has 0 fully saturated rings. The highest BCUT2D eigenvalue weighted by Gasteiger charge is 2.16. The molecule has 4 nitrogen and oxygen atoms in total. The second-order valence-corrected chi connectivity index (χ2v) is 5.78. The molecular weight excluding hydrogens is 318 g/mol. The maximum atomic E-state index is 5.98. The van der Waals surface area contributed by atoms with E-state index in [1.165, 1.54) is 0 Å². The standard InChI is InChI=1S/C15H18BrN3O/c1-8(2)13-12(16)14(17)19-15(18-13)10-6-5-9(3)7-11(10)20-4/h5-8H,1-4H3,(H2,17,18,19). The molecular formula is C15H18BrN3O. The third-order valence-electron chi connectivity index (χ3n) is 3.05. The van der Waals surface area contributed by atoms with Gasteiger partial charge in [-0.15, -0.1) is 0 Å². The Balaban J connectivity index is 2.64. The molecule has 1 aromatic heterocycles. The molecule has 0 saturated heterocycles. The SMILES string of the molecule is COc1cc(C)ccc1-c1nc(N)c(Br)c(C(C)C)n1. The van der Waals surface area contributed by atoms with E-state index in [9.17, 15) is 0 Å². The number of halogens is 1. The molecule has 0 bridgehead atoms. The average Bonchev–Trinajstić information content (AvgIpc) is 2.41. The zero-order valence-electron chi connectivity index (χ0n) is 12.1. The minimum Gasteiger partial charge on any atom is -0.496 e. The summed E-state index contributed by atoms with van der Waals surface area (Å²) >= 11 is 3.45. The zero-order valence-corrected chi connectivity index (χ0v) is 13.7. The molecule has 0 aliphatic rings. The van der Waals surface area contributed by atoms with Crippen molar-refractivity contribution in [2.45, 2.75) is 26.7 Å². The molecule has 5 heteroatoms. The number of aromatic nitrogens is 2. The van der Waals surface area contributed by atoms with Gasteiger partial charge < -0.3 is 10.5 Å². The lowest BCUT2D eigenvalue weighted by molar-refractivity contribution is 0.416. The fourth-order valence-corrected chi connectivity index (χ4v) is 2.60. The van der Waals surface area contributed by atoms with Crippen LogP contribution in [0.1, 0.15) is 31.0 Å². The number of anilines is 1. The van der Waals surface area contributed by atoms with Crippen LogP contribution in [0.15, 0.2) is 22.7 Å². The molecule has 0 radical (unpaired) electrons. The molecule has 0 amide bonds. The summed E-state index contributed by atoms with van der Waals surface area (Å²) in [6.07, 6.45) is 0. The molecule has 1 heterocycles. The molecule has 0 aliphatic heterocycles. The molecule has 0 atom stereocenters. The van der Waals surface area contributed by atoms with Gasteiger partial charge in [-0.1, -0.05) is 19.9 Å². The smallest absolute Gasteiger partial charge is 0.165 e. The van der Waals surface area contributed by atoms with Crippen LogP contribution in [0.4, 0.5) is 5.82 Å². The minimum absolute atomic E-state index is 0.255. The van der Waals surface area contributed by atoms with Crippen molar-refractivity contribution in [2.75, 3.05) is 12.8 Å². The van der Waals surface area contributed by atoms with Crippen LogP contribution in [-0.4, -0.2) is 17.1 Å². The second kappa shape index (κ2) is 5.79. The Hall–Kier alpha value is -1.62. The van der Waals surface area contributed by atoms with Crippen LogP contribution >= 0.6 is 15.9 Å². The maximum absolute atomic E-state index is 5.98. The van der Waals surface area contributed by atoms with E-state index < -0.39 is 0 Å². The molecule has 20 heavy (non-hydrogen) atoms. The van der Waals surface area contributed by atoms with E-state index >= 15 is 0 Å². The molecule has 1 aromatic carbocycles. The maximum Gasteiger partial charge on any atom is 0.165 e. The van der Waals surface area contributed by atoms with E-state index in [4.69, 9.17) is 10.5 Å². The number of hydrogen-bond donors (Lipinski definition) is 1. The van der Waals surface area contributed by atoms with Gasteiger partial charge in [-0.2, -0.15) is 0 Å². The summed E-state index contributed by atoms with van der Waals surface area (Å²) in [5.41, 5.74) is 8.85. The van der Waals surface area contributed by atoms with E-state index in [2.05, 4.69) is 39.7 Å². The Morgan fingerprint density at radius 2 is 1.95 bits per heavy atom. The molecule has 2 rings (SSSR count). The Labute approximate surface area is 127 Å². The monoisotopic (exact) mass is 335 g/mol. The lowest BCUT2D eigenvalue weighted by atomic mass is 10.1. The molecule has 106 valence electrons. The number of methoxy groups -OCH3 is 1. The van der Waals surface area contributed by atoms with Crippen LogP contribution in [-0.2, 0) is 0 Å². The number of nitrogens with zero attached hydrogens (tertiary/aromatic N) is 2. The first-order valence-corrected chi connectivity index (χ1v) is 7.21. The number of rotatable bonds is 3. The summed E-state index contributed by atoms with van der Waals surface area (Å²) in [4.78, 5) is 8.99. The molecule has 2 aromatic rings. The number of nitrogen functional groups attached to an aromatic ring is 1. The fourth-order valence-electron chi connectivity index (χ4n) is 1.97. The topological polar surface area (TPSA) is 61.0 Å². The molecule has 0 saturated carbocycles. The van der Waals surface area contributed by atoms with Gasteiger partial charge in [0, 0.05) is 0 Å². The van der Waals surface area contributed by atoms with Gasteiger partial charge in [-0.3, -0.25) is 0 Å². The Morgan fingerprint density at radius 3 is 2.55 bits per heavy atom. The molecule has 0 aliphatic carbocycles. The lowest BCUT2D eigenvalue weighted by Crippen LogP contribution is -2.05. The molecule has 0 spiro atoms. The van der Waals surface area contributed by atoms with Gasteiger partial charge in [0.2, 0.25) is 0 Å². The highest BCUT2D eigenvalue weighted by Crippen LogP contribution is 2.33. The van der Waals surface area contributed by atoms with Crippen molar-refractivity contribution in [3.63, 3.8) is 0 Å². The third kappa shape index (κ3) is 2.77. The summed E-state index contributed by atoms with van der Waals surface area (Å²) in [6, 6.07) is 5.93. The van der Waals surface area contributed by atoms with Crippen molar-refractivity contribution in [2.24, 2.45) is 0 Å². The second-order valence-electron chi connectivity index (χ2n) is 4.99. The zero-order chi connectivity index (χ0) is 14.9. The van der Waals surface area contributed by atoms with Crippen LogP contribution in [0.5, 0.6) is 5.75 Å². The minimum atomic E-state index is 0.255. The van der Waals surface area contributed by atoms with Crippen LogP contribution in [0.2, 0.25) is 0 Å². The number of nitrogens with two attached hydrogens (primary N) is 1. The highest BCUT2D eigenvalue weighted by molar-refractivity contribution is 9.10. The first kappa shape index (κ1) is 14.8. The predicted molar refractivity (Wildman–Crippen MR) is 85.0 cm³/mol. The number of hydrogen-bond acceptors (Lipinski definition) is 4. The summed E-state index contributed by atoms with van der Waals surface area (Å²) in [5, 5.41) is 0. The quantitative estimate of drug-likeness (QED) is 0.923. The van der Waals surface area contributed by atoms with E-state index in [0.29, 0.717) is 11.6 Å². The Kier molecular flexibility index (Phi) is 4.28. The van der Waals surface area contributed by atoms with E-state index in [1.807, 2.05) is 25.1 Å². The van der Waals surface area contributed by atoms with Crippen molar-refractivity contribution < 1.29 is 4.74 Å². The number of aryl methyl sites for hydroxylation is 1.